The van der Waals surface area contributed by atoms with Crippen LogP contribution in [0.25, 0.3) is 0 Å². The highest BCUT2D eigenvalue weighted by atomic mass is 16.5. The van der Waals surface area contributed by atoms with Gasteiger partial charge in [0.1, 0.15) is 0 Å². The Balaban J connectivity index is 1.30. The van der Waals surface area contributed by atoms with Gasteiger partial charge in [-0.3, -0.25) is 9.89 Å². The second-order valence-electron chi connectivity index (χ2n) is 6.45. The smallest absolute Gasteiger partial charge is 0.254 e. The van der Waals surface area contributed by atoms with E-state index in [1.807, 2.05) is 6.07 Å². The lowest BCUT2D eigenvalue weighted by Crippen LogP contribution is -2.32. The average molecular weight is 327 g/mol. The van der Waals surface area contributed by atoms with Gasteiger partial charge in [0.15, 0.2) is 0 Å². The van der Waals surface area contributed by atoms with Crippen LogP contribution in [0, 0.1) is 5.92 Å². The second kappa shape index (κ2) is 8.64. The number of ether oxygens (including phenoxy) is 1. The third-order valence-corrected chi connectivity index (χ3v) is 4.69. The predicted molar refractivity (Wildman–Crippen MR) is 92.8 cm³/mol. The van der Waals surface area contributed by atoms with E-state index in [-0.39, 0.29) is 5.91 Å². The lowest BCUT2D eigenvalue weighted by atomic mass is 9.87. The van der Waals surface area contributed by atoms with E-state index >= 15 is 0 Å². The maximum atomic E-state index is 11.9. The molecule has 1 fully saturated rings. The largest absolute Gasteiger partial charge is 0.378 e. The van der Waals surface area contributed by atoms with Crippen LogP contribution in [-0.2, 0) is 11.2 Å². The molecule has 1 amide bonds. The number of carbonyl (C=O) groups excluding carboxylic acids is 1. The Kier molecular flexibility index (Phi) is 6.01. The molecule has 24 heavy (non-hydrogen) atoms. The molecule has 2 N–H and O–H groups in total. The first kappa shape index (κ1) is 16.7. The van der Waals surface area contributed by atoms with Gasteiger partial charge in [-0.15, -0.1) is 0 Å². The Labute approximate surface area is 142 Å². The summed E-state index contributed by atoms with van der Waals surface area (Å²) in [5.74, 6) is 0.500. The fourth-order valence-electron chi connectivity index (χ4n) is 3.20. The maximum absolute atomic E-state index is 11.9. The molecule has 0 radical (unpaired) electrons. The number of carbonyl (C=O) groups is 1. The molecule has 0 bridgehead atoms. The molecule has 0 spiro atoms. The van der Waals surface area contributed by atoms with Crippen molar-refractivity contribution >= 4 is 5.91 Å². The van der Waals surface area contributed by atoms with Crippen molar-refractivity contribution in [3.05, 3.63) is 53.9 Å². The maximum Gasteiger partial charge on any atom is 0.254 e. The summed E-state index contributed by atoms with van der Waals surface area (Å²) in [5, 5.41) is 9.45. The molecule has 0 unspecified atom stereocenters. The van der Waals surface area contributed by atoms with Crippen molar-refractivity contribution in [2.45, 2.75) is 38.2 Å². The normalized spacial score (nSPS) is 20.7. The van der Waals surface area contributed by atoms with Crippen LogP contribution >= 0.6 is 0 Å². The highest BCUT2D eigenvalue weighted by Gasteiger charge is 2.22. The Bertz CT molecular complexity index is 605. The van der Waals surface area contributed by atoms with E-state index in [0.717, 1.165) is 45.3 Å². The standard InChI is InChI=1S/C19H25N3O2/c23-19(17-13-21-22-14-17)20-12-16-6-8-18(9-7-16)24-11-10-15-4-2-1-3-5-15/h1-5,13-14,16,18H,6-12H2,(H,20,23)(H,21,22). The van der Waals surface area contributed by atoms with Crippen molar-refractivity contribution < 1.29 is 9.53 Å². The average Bonchev–Trinajstić information content (AvgIpc) is 3.16. The first-order valence-electron chi connectivity index (χ1n) is 8.74. The summed E-state index contributed by atoms with van der Waals surface area (Å²) in [5.41, 5.74) is 1.92. The lowest BCUT2D eigenvalue weighted by molar-refractivity contribution is 0.0199. The van der Waals surface area contributed by atoms with Crippen molar-refractivity contribution in [3.63, 3.8) is 0 Å². The molecule has 3 rings (SSSR count). The molecule has 1 heterocycles. The fourth-order valence-corrected chi connectivity index (χ4v) is 3.20. The number of aromatic amines is 1. The zero-order valence-electron chi connectivity index (χ0n) is 13.9. The number of benzene rings is 1. The van der Waals surface area contributed by atoms with Gasteiger partial charge in [0.25, 0.3) is 5.91 Å². The summed E-state index contributed by atoms with van der Waals surface area (Å²) in [4.78, 5) is 11.9. The van der Waals surface area contributed by atoms with E-state index in [2.05, 4.69) is 39.8 Å². The van der Waals surface area contributed by atoms with Crippen LogP contribution < -0.4 is 5.32 Å². The molecule has 5 nitrogen and oxygen atoms in total. The highest BCUT2D eigenvalue weighted by Crippen LogP contribution is 2.26. The number of rotatable bonds is 7. The van der Waals surface area contributed by atoms with E-state index in [0.29, 0.717) is 17.6 Å². The minimum absolute atomic E-state index is 0.0509. The van der Waals surface area contributed by atoms with Crippen molar-refractivity contribution in [2.24, 2.45) is 5.92 Å². The zero-order valence-corrected chi connectivity index (χ0v) is 13.9. The number of hydrogen-bond donors (Lipinski definition) is 2. The first-order valence-corrected chi connectivity index (χ1v) is 8.74. The van der Waals surface area contributed by atoms with Crippen LogP contribution in [0.5, 0.6) is 0 Å². The molecular weight excluding hydrogens is 302 g/mol. The number of H-pyrrole nitrogens is 1. The van der Waals surface area contributed by atoms with Crippen LogP contribution in [0.4, 0.5) is 0 Å². The van der Waals surface area contributed by atoms with Gasteiger partial charge in [0.2, 0.25) is 0 Å². The molecule has 1 aliphatic carbocycles. The van der Waals surface area contributed by atoms with Gasteiger partial charge < -0.3 is 10.1 Å². The number of nitrogens with zero attached hydrogens (tertiary/aromatic N) is 1. The molecule has 1 aliphatic rings. The van der Waals surface area contributed by atoms with Crippen LogP contribution in [-0.4, -0.2) is 35.4 Å². The highest BCUT2D eigenvalue weighted by molar-refractivity contribution is 5.93. The summed E-state index contributed by atoms with van der Waals surface area (Å²) in [6.45, 7) is 1.53. The SMILES string of the molecule is O=C(NCC1CCC(OCCc2ccccc2)CC1)c1cn[nH]c1. The molecule has 5 heteroatoms. The molecule has 0 aliphatic heterocycles. The van der Waals surface area contributed by atoms with Crippen LogP contribution in [0.2, 0.25) is 0 Å². The quantitative estimate of drug-likeness (QED) is 0.821. The minimum Gasteiger partial charge on any atom is -0.378 e. The van der Waals surface area contributed by atoms with Crippen LogP contribution in [0.3, 0.4) is 0 Å². The summed E-state index contributed by atoms with van der Waals surface area (Å²) in [7, 11) is 0. The summed E-state index contributed by atoms with van der Waals surface area (Å²) in [6, 6.07) is 10.5. The Morgan fingerprint density at radius 3 is 2.71 bits per heavy atom. The van der Waals surface area contributed by atoms with E-state index < -0.39 is 0 Å². The topological polar surface area (TPSA) is 67.0 Å². The predicted octanol–water partition coefficient (Wildman–Crippen LogP) is 2.96. The van der Waals surface area contributed by atoms with E-state index in [1.54, 1.807) is 12.4 Å². The van der Waals surface area contributed by atoms with Crippen LogP contribution in [0.1, 0.15) is 41.6 Å². The third kappa shape index (κ3) is 4.93. The minimum atomic E-state index is -0.0509. The number of nitrogens with one attached hydrogen (secondary N) is 2. The van der Waals surface area contributed by atoms with Crippen LogP contribution in [0.15, 0.2) is 42.7 Å². The van der Waals surface area contributed by atoms with Crippen molar-refractivity contribution in [1.82, 2.24) is 15.5 Å². The van der Waals surface area contributed by atoms with E-state index in [9.17, 15) is 4.79 Å². The lowest BCUT2D eigenvalue weighted by Gasteiger charge is -2.28. The molecule has 0 saturated heterocycles. The Morgan fingerprint density at radius 2 is 2.00 bits per heavy atom. The van der Waals surface area contributed by atoms with Crippen molar-refractivity contribution in [2.75, 3.05) is 13.2 Å². The van der Waals surface area contributed by atoms with E-state index in [4.69, 9.17) is 4.74 Å². The fraction of sp³-hybridized carbons (Fsp3) is 0.474. The van der Waals surface area contributed by atoms with Gasteiger partial charge in [0, 0.05) is 12.7 Å². The first-order chi connectivity index (χ1) is 11.8. The zero-order chi connectivity index (χ0) is 16.6. The summed E-state index contributed by atoms with van der Waals surface area (Å²) >= 11 is 0. The summed E-state index contributed by atoms with van der Waals surface area (Å²) < 4.78 is 6.02. The Morgan fingerprint density at radius 1 is 1.21 bits per heavy atom. The Hall–Kier alpha value is -2.14. The number of aromatic nitrogens is 2. The molecule has 0 atom stereocenters. The molecule has 1 saturated carbocycles. The molecule has 128 valence electrons. The molecule has 1 aromatic heterocycles. The van der Waals surface area contributed by atoms with E-state index in [1.165, 1.54) is 5.56 Å². The van der Waals surface area contributed by atoms with Crippen molar-refractivity contribution in [1.29, 1.82) is 0 Å². The van der Waals surface area contributed by atoms with Gasteiger partial charge in [-0.2, -0.15) is 5.10 Å². The van der Waals surface area contributed by atoms with Gasteiger partial charge in [0.05, 0.1) is 24.5 Å². The second-order valence-corrected chi connectivity index (χ2v) is 6.45. The third-order valence-electron chi connectivity index (χ3n) is 4.69. The van der Waals surface area contributed by atoms with Gasteiger partial charge in [-0.05, 0) is 43.6 Å². The van der Waals surface area contributed by atoms with Gasteiger partial charge >= 0.3 is 0 Å². The van der Waals surface area contributed by atoms with Crippen molar-refractivity contribution in [3.8, 4) is 0 Å². The van der Waals surface area contributed by atoms with Gasteiger partial charge in [-0.1, -0.05) is 30.3 Å². The molecule has 2 aromatic rings. The van der Waals surface area contributed by atoms with Gasteiger partial charge in [-0.25, -0.2) is 0 Å². The number of amides is 1. The summed E-state index contributed by atoms with van der Waals surface area (Å²) in [6.07, 6.45) is 8.90. The molecule has 1 aromatic carbocycles. The number of hydrogen-bond acceptors (Lipinski definition) is 3. The monoisotopic (exact) mass is 327 g/mol. The molecular formula is C19H25N3O2.